The average molecular weight is 425 g/mol. The van der Waals surface area contributed by atoms with Crippen molar-refractivity contribution < 1.29 is 13.2 Å². The molecule has 0 aliphatic rings. The molecule has 0 saturated carbocycles. The number of hydrogen-bond donors (Lipinski definition) is 1. The van der Waals surface area contributed by atoms with E-state index in [4.69, 9.17) is 0 Å². The van der Waals surface area contributed by atoms with Gasteiger partial charge in [0.2, 0.25) is 15.9 Å². The number of carbonyl (C=O) groups is 1. The van der Waals surface area contributed by atoms with Crippen LogP contribution in [0.5, 0.6) is 0 Å². The third-order valence-corrected chi connectivity index (χ3v) is 6.43. The molecule has 3 aromatic rings. The molecule has 0 saturated heterocycles. The third kappa shape index (κ3) is 4.65. The molecule has 1 atom stereocenters. The van der Waals surface area contributed by atoms with Crippen LogP contribution in [0.2, 0.25) is 0 Å². The third-order valence-electron chi connectivity index (χ3n) is 5.26. The first kappa shape index (κ1) is 21.8. The molecule has 0 fully saturated rings. The van der Waals surface area contributed by atoms with E-state index in [1.54, 1.807) is 0 Å². The van der Waals surface area contributed by atoms with Crippen molar-refractivity contribution in [3.63, 3.8) is 0 Å². The minimum absolute atomic E-state index is 0.309. The second-order valence-corrected chi connectivity index (χ2v) is 9.49. The first-order valence-corrected chi connectivity index (χ1v) is 11.9. The van der Waals surface area contributed by atoms with E-state index in [2.05, 4.69) is 5.32 Å². The smallest absolute Gasteiger partial charge is 0.244 e. The van der Waals surface area contributed by atoms with Gasteiger partial charge >= 0.3 is 0 Å². The van der Waals surface area contributed by atoms with Crippen molar-refractivity contribution in [1.82, 2.24) is 5.32 Å². The molecule has 0 aliphatic heterocycles. The number of amides is 1. The Morgan fingerprint density at radius 1 is 1.03 bits per heavy atom. The fourth-order valence-corrected chi connectivity index (χ4v) is 5.00. The molecule has 30 heavy (non-hydrogen) atoms. The van der Waals surface area contributed by atoms with E-state index in [1.165, 1.54) is 4.31 Å². The minimum Gasteiger partial charge on any atom is -0.350 e. The van der Waals surface area contributed by atoms with Crippen LogP contribution in [-0.4, -0.2) is 26.6 Å². The quantitative estimate of drug-likeness (QED) is 0.614. The molecular formula is C24H28N2O3S. The molecule has 1 N–H and O–H groups in total. The first-order valence-electron chi connectivity index (χ1n) is 10.0. The highest BCUT2D eigenvalue weighted by Crippen LogP contribution is 2.27. The lowest BCUT2D eigenvalue weighted by atomic mass is 10.0. The summed E-state index contributed by atoms with van der Waals surface area (Å²) >= 11 is 0. The summed E-state index contributed by atoms with van der Waals surface area (Å²) in [5.74, 6) is -0.309. The lowest BCUT2D eigenvalue weighted by Gasteiger charge is -2.31. The standard InChI is InChI=1S/C24H28N2O3S/c1-5-22(26(30(4,28)29)23-15-17(2)13-14-18(23)3)24(27)25-16-20-11-8-10-19-9-6-7-12-21(19)20/h6-15,22H,5,16H2,1-4H3,(H,25,27)/t22-/m1/s1. The van der Waals surface area contributed by atoms with Crippen LogP contribution in [0.15, 0.2) is 60.7 Å². The highest BCUT2D eigenvalue weighted by Gasteiger charge is 2.32. The number of carbonyl (C=O) groups excluding carboxylic acids is 1. The van der Waals surface area contributed by atoms with Gasteiger partial charge in [0.05, 0.1) is 11.9 Å². The van der Waals surface area contributed by atoms with Crippen molar-refractivity contribution in [3.05, 3.63) is 77.4 Å². The Balaban J connectivity index is 1.90. The van der Waals surface area contributed by atoms with E-state index in [-0.39, 0.29) is 5.91 Å². The summed E-state index contributed by atoms with van der Waals surface area (Å²) < 4.78 is 26.6. The highest BCUT2D eigenvalue weighted by atomic mass is 32.2. The van der Waals surface area contributed by atoms with E-state index in [9.17, 15) is 13.2 Å². The predicted octanol–water partition coefficient (Wildman–Crippen LogP) is 4.32. The first-order chi connectivity index (χ1) is 14.2. The van der Waals surface area contributed by atoms with Crippen molar-refractivity contribution in [3.8, 4) is 0 Å². The lowest BCUT2D eigenvalue weighted by molar-refractivity contribution is -0.122. The van der Waals surface area contributed by atoms with Gasteiger partial charge in [0.25, 0.3) is 0 Å². The Hall–Kier alpha value is -2.86. The monoisotopic (exact) mass is 424 g/mol. The molecule has 0 spiro atoms. The second kappa shape index (κ2) is 8.88. The largest absolute Gasteiger partial charge is 0.350 e. The molecule has 6 heteroatoms. The predicted molar refractivity (Wildman–Crippen MR) is 123 cm³/mol. The summed E-state index contributed by atoms with van der Waals surface area (Å²) in [6.07, 6.45) is 1.51. The zero-order chi connectivity index (χ0) is 21.9. The van der Waals surface area contributed by atoms with Crippen LogP contribution in [0.3, 0.4) is 0 Å². The van der Waals surface area contributed by atoms with Crippen molar-refractivity contribution in [2.45, 2.75) is 39.8 Å². The molecule has 3 aromatic carbocycles. The van der Waals surface area contributed by atoms with E-state index < -0.39 is 16.1 Å². The maximum absolute atomic E-state index is 13.1. The molecule has 0 bridgehead atoms. The Morgan fingerprint density at radius 2 is 1.73 bits per heavy atom. The van der Waals surface area contributed by atoms with Gasteiger partial charge in [0.1, 0.15) is 6.04 Å². The number of nitrogens with one attached hydrogen (secondary N) is 1. The van der Waals surface area contributed by atoms with Crippen LogP contribution in [-0.2, 0) is 21.4 Å². The number of rotatable bonds is 7. The maximum Gasteiger partial charge on any atom is 0.244 e. The van der Waals surface area contributed by atoms with E-state index in [0.717, 1.165) is 33.7 Å². The van der Waals surface area contributed by atoms with Gasteiger partial charge in [-0.2, -0.15) is 0 Å². The summed E-state index contributed by atoms with van der Waals surface area (Å²) in [6, 6.07) is 18.8. The van der Waals surface area contributed by atoms with E-state index >= 15 is 0 Å². The lowest BCUT2D eigenvalue weighted by Crippen LogP contribution is -2.49. The summed E-state index contributed by atoms with van der Waals surface area (Å²) in [4.78, 5) is 13.1. The average Bonchev–Trinajstić information content (AvgIpc) is 2.71. The van der Waals surface area contributed by atoms with E-state index in [1.807, 2.05) is 81.4 Å². The summed E-state index contributed by atoms with van der Waals surface area (Å²) in [5, 5.41) is 5.13. The maximum atomic E-state index is 13.1. The number of nitrogens with zero attached hydrogens (tertiary/aromatic N) is 1. The molecule has 0 aliphatic carbocycles. The van der Waals surface area contributed by atoms with Crippen LogP contribution >= 0.6 is 0 Å². The summed E-state index contributed by atoms with van der Waals surface area (Å²) in [5.41, 5.74) is 3.29. The minimum atomic E-state index is -3.66. The van der Waals surface area contributed by atoms with Crippen LogP contribution in [0.4, 0.5) is 5.69 Å². The number of sulfonamides is 1. The fraction of sp³-hybridized carbons (Fsp3) is 0.292. The van der Waals surface area contributed by atoms with Crippen LogP contribution in [0.25, 0.3) is 10.8 Å². The number of aryl methyl sites for hydroxylation is 2. The van der Waals surface area contributed by atoms with Gasteiger partial charge in [-0.05, 0) is 53.8 Å². The van der Waals surface area contributed by atoms with Crippen LogP contribution in [0.1, 0.15) is 30.0 Å². The molecule has 158 valence electrons. The second-order valence-electron chi connectivity index (χ2n) is 7.63. The molecule has 0 heterocycles. The van der Waals surface area contributed by atoms with Gasteiger partial charge in [-0.15, -0.1) is 0 Å². The Labute approximate surface area is 178 Å². The van der Waals surface area contributed by atoms with Gasteiger partial charge < -0.3 is 5.32 Å². The summed E-state index contributed by atoms with van der Waals surface area (Å²) in [7, 11) is -3.66. The molecule has 3 rings (SSSR count). The topological polar surface area (TPSA) is 66.5 Å². The highest BCUT2D eigenvalue weighted by molar-refractivity contribution is 7.92. The van der Waals surface area contributed by atoms with Gasteiger partial charge in [-0.25, -0.2) is 8.42 Å². The Morgan fingerprint density at radius 3 is 2.43 bits per heavy atom. The van der Waals surface area contributed by atoms with Crippen LogP contribution < -0.4 is 9.62 Å². The number of anilines is 1. The molecular weight excluding hydrogens is 396 g/mol. The Kier molecular flexibility index (Phi) is 6.46. The number of fused-ring (bicyclic) bond motifs is 1. The van der Waals surface area contributed by atoms with Crippen LogP contribution in [0, 0.1) is 13.8 Å². The van der Waals surface area contributed by atoms with E-state index in [0.29, 0.717) is 18.7 Å². The van der Waals surface area contributed by atoms with Crippen molar-refractivity contribution in [2.75, 3.05) is 10.6 Å². The molecule has 0 radical (unpaired) electrons. The molecule has 5 nitrogen and oxygen atoms in total. The fourth-order valence-electron chi connectivity index (χ4n) is 3.74. The SMILES string of the molecule is CC[C@H](C(=O)NCc1cccc2ccccc12)N(c1cc(C)ccc1C)S(C)(=O)=O. The normalized spacial score (nSPS) is 12.5. The zero-order valence-electron chi connectivity index (χ0n) is 17.8. The summed E-state index contributed by atoms with van der Waals surface area (Å²) in [6.45, 7) is 5.92. The zero-order valence-corrected chi connectivity index (χ0v) is 18.7. The van der Waals surface area contributed by atoms with Gasteiger partial charge in [-0.3, -0.25) is 9.10 Å². The number of benzene rings is 3. The van der Waals surface area contributed by atoms with Gasteiger partial charge in [0.15, 0.2) is 0 Å². The number of hydrogen-bond acceptors (Lipinski definition) is 3. The molecule has 0 aromatic heterocycles. The van der Waals surface area contributed by atoms with Gasteiger partial charge in [0, 0.05) is 6.54 Å². The van der Waals surface area contributed by atoms with Crippen molar-refractivity contribution >= 4 is 32.4 Å². The van der Waals surface area contributed by atoms with Crippen molar-refractivity contribution in [1.29, 1.82) is 0 Å². The molecule has 0 unspecified atom stereocenters. The van der Waals surface area contributed by atoms with Crippen molar-refractivity contribution in [2.24, 2.45) is 0 Å². The Bertz CT molecular complexity index is 1170. The molecule has 1 amide bonds. The van der Waals surface area contributed by atoms with Gasteiger partial charge in [-0.1, -0.05) is 61.5 Å².